The number of nitrogens with zero attached hydrogens (tertiary/aromatic N) is 1. The second kappa shape index (κ2) is 6.03. The molecule has 1 aromatic carbocycles. The molecule has 0 amide bonds. The number of aliphatic imine (C=N–C) groups is 1. The monoisotopic (exact) mass is 209 g/mol. The van der Waals surface area contributed by atoms with Gasteiger partial charge in [0.05, 0.1) is 26.0 Å². The van der Waals surface area contributed by atoms with Gasteiger partial charge < -0.3 is 14.6 Å². The first-order chi connectivity index (χ1) is 7.30. The maximum absolute atomic E-state index is 8.95. The lowest BCUT2D eigenvalue weighted by Gasteiger charge is -2.04. The van der Waals surface area contributed by atoms with E-state index in [0.29, 0.717) is 12.3 Å². The Bertz CT molecular complexity index is 336. The molecular formula is C11H15NO3. The van der Waals surface area contributed by atoms with Crippen molar-refractivity contribution in [2.24, 2.45) is 4.99 Å². The Morgan fingerprint density at radius 1 is 1.47 bits per heavy atom. The molecule has 0 aliphatic rings. The number of methoxy groups -OCH3 is 1. The van der Waals surface area contributed by atoms with Crippen LogP contribution in [0.25, 0.3) is 0 Å². The zero-order chi connectivity index (χ0) is 11.1. The van der Waals surface area contributed by atoms with Crippen molar-refractivity contribution in [2.45, 2.75) is 13.5 Å². The number of hydrogen-bond donors (Lipinski definition) is 1. The van der Waals surface area contributed by atoms with Crippen LogP contribution in [0.1, 0.15) is 12.5 Å². The average molecular weight is 209 g/mol. The summed E-state index contributed by atoms with van der Waals surface area (Å²) in [7, 11) is 1.50. The topological polar surface area (TPSA) is 51.0 Å². The van der Waals surface area contributed by atoms with Crippen molar-refractivity contribution < 1.29 is 14.6 Å². The predicted molar refractivity (Wildman–Crippen MR) is 58.1 cm³/mol. The minimum atomic E-state index is 0.000308. The molecule has 4 heteroatoms. The molecule has 82 valence electrons. The van der Waals surface area contributed by atoms with E-state index in [1.54, 1.807) is 6.07 Å². The van der Waals surface area contributed by atoms with E-state index >= 15 is 0 Å². The Morgan fingerprint density at radius 3 is 2.87 bits per heavy atom. The highest BCUT2D eigenvalue weighted by Crippen LogP contribution is 2.14. The lowest BCUT2D eigenvalue weighted by atomic mass is 10.2. The molecule has 1 N–H and O–H groups in total. The first kappa shape index (κ1) is 11.5. The fourth-order valence-corrected chi connectivity index (χ4v) is 1.09. The Morgan fingerprint density at radius 2 is 2.27 bits per heavy atom. The maximum Gasteiger partial charge on any atom is 0.388 e. The lowest BCUT2D eigenvalue weighted by molar-refractivity contribution is 0.208. The summed E-state index contributed by atoms with van der Waals surface area (Å²) in [6.07, 6.45) is 0.229. The van der Waals surface area contributed by atoms with Gasteiger partial charge >= 0.3 is 6.08 Å². The van der Waals surface area contributed by atoms with Gasteiger partial charge in [-0.25, -0.2) is 0 Å². The van der Waals surface area contributed by atoms with Crippen molar-refractivity contribution in [3.05, 3.63) is 29.8 Å². The van der Waals surface area contributed by atoms with E-state index in [4.69, 9.17) is 14.6 Å². The van der Waals surface area contributed by atoms with Crippen molar-refractivity contribution in [1.29, 1.82) is 0 Å². The molecule has 0 radical (unpaired) electrons. The summed E-state index contributed by atoms with van der Waals surface area (Å²) >= 11 is 0. The summed E-state index contributed by atoms with van der Waals surface area (Å²) < 4.78 is 10.1. The van der Waals surface area contributed by atoms with Crippen LogP contribution in [0.4, 0.5) is 5.69 Å². The van der Waals surface area contributed by atoms with Gasteiger partial charge in [0.15, 0.2) is 0 Å². The van der Waals surface area contributed by atoms with Crippen LogP contribution in [0.2, 0.25) is 0 Å². The third kappa shape index (κ3) is 3.59. The molecule has 0 bridgehead atoms. The summed E-state index contributed by atoms with van der Waals surface area (Å²) in [6, 6.07) is 7.24. The van der Waals surface area contributed by atoms with Gasteiger partial charge in [-0.3, -0.25) is 0 Å². The molecule has 0 saturated carbocycles. The van der Waals surface area contributed by atoms with Gasteiger partial charge in [0.25, 0.3) is 0 Å². The molecule has 0 atom stereocenters. The zero-order valence-corrected chi connectivity index (χ0v) is 8.93. The summed E-state index contributed by atoms with van der Waals surface area (Å²) in [6.45, 7) is 2.37. The van der Waals surface area contributed by atoms with E-state index in [0.717, 1.165) is 5.56 Å². The number of benzene rings is 1. The van der Waals surface area contributed by atoms with E-state index < -0.39 is 0 Å². The van der Waals surface area contributed by atoms with Crippen molar-refractivity contribution in [2.75, 3.05) is 13.7 Å². The standard InChI is InChI=1S/C11H15NO3/c1-3-15-11(14-2)12-10-6-4-5-9(7-10)8-13/h4-7,13H,3,8H2,1-2H3. The minimum Gasteiger partial charge on any atom is -0.454 e. The second-order valence-electron chi connectivity index (χ2n) is 2.84. The van der Waals surface area contributed by atoms with Crippen LogP contribution in [0.3, 0.4) is 0 Å². The van der Waals surface area contributed by atoms with Gasteiger partial charge in [-0.15, -0.1) is 0 Å². The zero-order valence-electron chi connectivity index (χ0n) is 8.93. The Hall–Kier alpha value is -1.55. The third-order valence-electron chi connectivity index (χ3n) is 1.76. The summed E-state index contributed by atoms with van der Waals surface area (Å²) in [5.74, 6) is 0. The highest BCUT2D eigenvalue weighted by Gasteiger charge is 1.99. The van der Waals surface area contributed by atoms with E-state index in [1.165, 1.54) is 7.11 Å². The van der Waals surface area contributed by atoms with Gasteiger partial charge in [-0.1, -0.05) is 12.1 Å². The Labute approximate surface area is 89.2 Å². The molecule has 0 aliphatic heterocycles. The van der Waals surface area contributed by atoms with Crippen LogP contribution in [-0.4, -0.2) is 24.9 Å². The number of ether oxygens (including phenoxy) is 2. The van der Waals surface area contributed by atoms with Gasteiger partial charge in [0, 0.05) is 0 Å². The maximum atomic E-state index is 8.95. The van der Waals surface area contributed by atoms with Crippen LogP contribution in [0, 0.1) is 0 Å². The highest BCUT2D eigenvalue weighted by molar-refractivity contribution is 5.71. The molecule has 0 saturated heterocycles. The molecular weight excluding hydrogens is 194 g/mol. The van der Waals surface area contributed by atoms with Crippen LogP contribution in [0.15, 0.2) is 29.3 Å². The number of aliphatic hydroxyl groups excluding tert-OH is 1. The first-order valence-electron chi connectivity index (χ1n) is 4.75. The van der Waals surface area contributed by atoms with Gasteiger partial charge in [-0.2, -0.15) is 4.99 Å². The van der Waals surface area contributed by atoms with Crippen molar-refractivity contribution in [3.63, 3.8) is 0 Å². The molecule has 0 fully saturated rings. The van der Waals surface area contributed by atoms with Crippen molar-refractivity contribution in [3.8, 4) is 0 Å². The van der Waals surface area contributed by atoms with Gasteiger partial charge in [-0.05, 0) is 24.6 Å². The van der Waals surface area contributed by atoms with Gasteiger partial charge in [0.2, 0.25) is 0 Å². The molecule has 0 spiro atoms. The van der Waals surface area contributed by atoms with Crippen LogP contribution < -0.4 is 0 Å². The molecule has 4 nitrogen and oxygen atoms in total. The average Bonchev–Trinajstić information content (AvgIpc) is 2.29. The SMILES string of the molecule is CCOC(=Nc1cccc(CO)c1)OC. The quantitative estimate of drug-likeness (QED) is 0.610. The Balaban J connectivity index is 2.85. The summed E-state index contributed by atoms with van der Waals surface area (Å²) in [4.78, 5) is 4.14. The van der Waals surface area contributed by atoms with Crippen LogP contribution >= 0.6 is 0 Å². The number of aliphatic hydroxyl groups is 1. The molecule has 0 aromatic heterocycles. The molecule has 1 aromatic rings. The molecule has 15 heavy (non-hydrogen) atoms. The Kier molecular flexibility index (Phi) is 4.63. The predicted octanol–water partition coefficient (Wildman–Crippen LogP) is 1.85. The molecule has 1 rings (SSSR count). The summed E-state index contributed by atoms with van der Waals surface area (Å²) in [5, 5.41) is 8.95. The minimum absolute atomic E-state index is 0.000308. The smallest absolute Gasteiger partial charge is 0.388 e. The summed E-state index contributed by atoms with van der Waals surface area (Å²) in [5.41, 5.74) is 1.51. The van der Waals surface area contributed by atoms with E-state index in [9.17, 15) is 0 Å². The van der Waals surface area contributed by atoms with Gasteiger partial charge in [0.1, 0.15) is 0 Å². The molecule has 0 heterocycles. The van der Waals surface area contributed by atoms with E-state index in [2.05, 4.69) is 4.99 Å². The van der Waals surface area contributed by atoms with Crippen LogP contribution in [0.5, 0.6) is 0 Å². The van der Waals surface area contributed by atoms with Crippen molar-refractivity contribution in [1.82, 2.24) is 0 Å². The second-order valence-corrected chi connectivity index (χ2v) is 2.84. The van der Waals surface area contributed by atoms with Crippen LogP contribution in [-0.2, 0) is 16.1 Å². The molecule has 0 aliphatic carbocycles. The number of hydrogen-bond acceptors (Lipinski definition) is 4. The fourth-order valence-electron chi connectivity index (χ4n) is 1.09. The largest absolute Gasteiger partial charge is 0.454 e. The lowest BCUT2D eigenvalue weighted by Crippen LogP contribution is -2.06. The first-order valence-corrected chi connectivity index (χ1v) is 4.75. The van der Waals surface area contributed by atoms with Crippen molar-refractivity contribution >= 4 is 11.8 Å². The van der Waals surface area contributed by atoms with E-state index in [1.807, 2.05) is 25.1 Å². The highest BCUT2D eigenvalue weighted by atomic mass is 16.7. The van der Waals surface area contributed by atoms with E-state index in [-0.39, 0.29) is 12.7 Å². The number of rotatable bonds is 3. The normalized spacial score (nSPS) is 11.3. The fraction of sp³-hybridized carbons (Fsp3) is 0.364. The third-order valence-corrected chi connectivity index (χ3v) is 1.76. The molecule has 0 unspecified atom stereocenters.